The predicted octanol–water partition coefficient (Wildman–Crippen LogP) is 10.8. The topological polar surface area (TPSA) is 499 Å². The highest BCUT2D eigenvalue weighted by Gasteiger charge is 2.44. The standard InChI is InChI=1S/C81H111N17O18S5/c1-49(67(100)39-52(72(106)88-60(41-70(103)104)75(109)96-36-16-22-63(96)71(82)105)18-12-14-34-85-74(108)65-47-117-48-98(65)79(113)115-44-51-26-30-56(31-27-51)92-94-84)116-77(111)64-23-17-37-97(64)76(110)62(46-119-121-81(5,6)7)89-73(107)53(38-54-42-86-58-20-11-10-19-57(54)58)40-68(101)59(21-13-15-35-95(8)9)87-69(102)33-32-66(99)61(45-118-120-80(2,3)4)90-78(112)114-43-50-24-28-55(29-25-50)91-93-83/h10-11,19-20,24-31,42,49,52-53,59-65,86H,12-18,21-23,32-41,43-48H2,1-9H3,(H2,82,105)(H,85,108)(H,87,102)(H,88,106)(H,89,107)(H,90,112)(H,103,104)/t49-,52+,53+,59-,60-,61-,62-,63-,64-,65-/m0/s1. The summed E-state index contributed by atoms with van der Waals surface area (Å²) in [5.41, 5.74) is 26.5. The minimum atomic E-state index is -1.70. The van der Waals surface area contributed by atoms with Gasteiger partial charge in [-0.05, 0) is 126 Å². The van der Waals surface area contributed by atoms with Crippen LogP contribution in [0.5, 0.6) is 0 Å². The third-order valence-corrected chi connectivity index (χ3v) is 27.6. The van der Waals surface area contributed by atoms with Gasteiger partial charge in [0.25, 0.3) is 0 Å². The molecule has 35 nitrogen and oxygen atoms in total. The van der Waals surface area contributed by atoms with Gasteiger partial charge < -0.3 is 71.3 Å². The highest BCUT2D eigenvalue weighted by atomic mass is 33.1. The lowest BCUT2D eigenvalue weighted by Crippen LogP contribution is -2.54. The lowest BCUT2D eigenvalue weighted by Gasteiger charge is -2.30. The lowest BCUT2D eigenvalue weighted by molar-refractivity contribution is -0.161. The van der Waals surface area contributed by atoms with E-state index < -0.39 is 162 Å². The first-order chi connectivity index (χ1) is 57.5. The van der Waals surface area contributed by atoms with Crippen LogP contribution >= 0.6 is 54.9 Å². The van der Waals surface area contributed by atoms with Gasteiger partial charge in [-0.2, -0.15) is 0 Å². The Kier molecular flexibility index (Phi) is 39.7. The summed E-state index contributed by atoms with van der Waals surface area (Å²) in [7, 11) is 9.40. The van der Waals surface area contributed by atoms with Gasteiger partial charge in [0.15, 0.2) is 23.5 Å². The molecule has 0 radical (unpaired) electrons. The number of hydrogen-bond acceptors (Lipinski definition) is 25. The Bertz CT molecular complexity index is 4380. The molecule has 121 heavy (non-hydrogen) atoms. The maximum absolute atomic E-state index is 15.4. The molecular weight excluding hydrogens is 1660 g/mol. The molecule has 3 aliphatic rings. The number of H-pyrrole nitrogens is 1. The number of thioether (sulfide) groups is 1. The Hall–Kier alpha value is -9.69. The van der Waals surface area contributed by atoms with Gasteiger partial charge >= 0.3 is 24.1 Å². The largest absolute Gasteiger partial charge is 0.481 e. The molecule has 7 rings (SSSR count). The summed E-state index contributed by atoms with van der Waals surface area (Å²) in [4.78, 5) is 211. The predicted molar refractivity (Wildman–Crippen MR) is 464 cm³/mol. The van der Waals surface area contributed by atoms with Crippen LogP contribution in [-0.4, -0.2) is 234 Å². The van der Waals surface area contributed by atoms with Crippen molar-refractivity contribution in [2.45, 2.75) is 222 Å². The van der Waals surface area contributed by atoms with E-state index in [1.807, 2.05) is 84.8 Å². The molecule has 3 saturated heterocycles. The van der Waals surface area contributed by atoms with Crippen molar-refractivity contribution in [3.05, 3.63) is 117 Å². The SMILES string of the molecule is C[C@H](OC(=O)[C@@H]1CCCN1C(=O)[C@H](CSSC(C)(C)C)NC(=O)[C@@H](CC(=O)[C@H](CCCCN(C)C)NC(=O)CCC(=O)[C@H](CSSC(C)(C)C)NC(=O)OCc1ccc(N=[N+]=[N-])cc1)Cc1c[nH]c2ccccc12)C(=O)C[C@@H](CCCCNC(=O)[C@@H]1CSCN1C(=O)OCc1ccc(N=[N+]=[N-])cc1)C(=O)N[C@@H](CC(=O)O)C(=O)N1CCC[C@H]1C(N)=O. The molecular formula is C81H111N17O18S5. The van der Waals surface area contributed by atoms with Gasteiger partial charge in [-0.1, -0.05) is 168 Å². The van der Waals surface area contributed by atoms with Crippen LogP contribution in [0, 0.1) is 11.8 Å². The molecule has 9 amide bonds. The van der Waals surface area contributed by atoms with Crippen LogP contribution < -0.4 is 32.3 Å². The molecule has 3 fully saturated rings. The van der Waals surface area contributed by atoms with Crippen molar-refractivity contribution in [3.8, 4) is 0 Å². The van der Waals surface area contributed by atoms with Crippen LogP contribution in [0.4, 0.5) is 21.0 Å². The molecule has 3 aliphatic heterocycles. The number of likely N-dealkylation sites (tertiary alicyclic amines) is 2. The fourth-order valence-electron chi connectivity index (χ4n) is 13.6. The third kappa shape index (κ3) is 32.9. The van der Waals surface area contributed by atoms with Crippen LogP contribution in [0.15, 0.2) is 89.2 Å². The quantitative estimate of drug-likeness (QED) is 0.00387. The smallest absolute Gasteiger partial charge is 0.411 e. The van der Waals surface area contributed by atoms with Crippen LogP contribution in [0.1, 0.15) is 161 Å². The van der Waals surface area contributed by atoms with Crippen LogP contribution in [0.3, 0.4) is 0 Å². The number of carbonyl (C=O) groups excluding carboxylic acids is 13. The summed E-state index contributed by atoms with van der Waals surface area (Å²) in [5.74, 6) is -11.2. The zero-order chi connectivity index (χ0) is 88.5. The number of carboxylic acids is 1. The maximum atomic E-state index is 15.4. The maximum Gasteiger partial charge on any atom is 0.411 e. The zero-order valence-corrected chi connectivity index (χ0v) is 73.7. The summed E-state index contributed by atoms with van der Waals surface area (Å²) in [6.45, 7) is 13.7. The number of nitrogens with two attached hydrogens (primary N) is 1. The fraction of sp³-hybridized carbons (Fsp3) is 0.580. The summed E-state index contributed by atoms with van der Waals surface area (Å²) in [6.07, 6.45) is -1.55. The Morgan fingerprint density at radius 2 is 1.21 bits per heavy atom. The summed E-state index contributed by atoms with van der Waals surface area (Å²) >= 11 is 1.34. The minimum absolute atomic E-state index is 0.0149. The molecule has 3 aromatic carbocycles. The van der Waals surface area contributed by atoms with Gasteiger partial charge in [-0.3, -0.25) is 57.6 Å². The number of azide groups is 2. The number of ether oxygens (including phenoxy) is 3. The molecule has 0 spiro atoms. The van der Waals surface area contributed by atoms with E-state index in [1.54, 1.807) is 54.7 Å². The Morgan fingerprint density at radius 3 is 1.83 bits per heavy atom. The average Bonchev–Trinajstić information content (AvgIpc) is 1.69. The molecule has 0 aliphatic carbocycles. The summed E-state index contributed by atoms with van der Waals surface area (Å²) < 4.78 is 16.3. The van der Waals surface area contributed by atoms with Gasteiger partial charge in [0.2, 0.25) is 41.4 Å². The number of fused-ring (bicyclic) bond motifs is 1. The van der Waals surface area contributed by atoms with Crippen molar-refractivity contribution in [1.29, 1.82) is 0 Å². The van der Waals surface area contributed by atoms with Crippen LogP contribution in [0.2, 0.25) is 0 Å². The number of amides is 9. The van der Waals surface area contributed by atoms with Crippen molar-refractivity contribution in [3.63, 3.8) is 0 Å². The number of hydrogen-bond donors (Lipinski definition) is 8. The van der Waals surface area contributed by atoms with E-state index in [1.165, 1.54) is 71.7 Å². The molecule has 0 unspecified atom stereocenters. The second kappa shape index (κ2) is 48.8. The van der Waals surface area contributed by atoms with E-state index in [4.69, 9.17) is 31.0 Å². The molecule has 4 heterocycles. The number of nitrogens with zero attached hydrogens (tertiary/aromatic N) is 10. The first-order valence-electron chi connectivity index (χ1n) is 40.1. The number of Topliss-reactive ketones (excluding diaryl/α,β-unsaturated/α-hetero) is 3. The highest BCUT2D eigenvalue weighted by molar-refractivity contribution is 8.77. The van der Waals surface area contributed by atoms with Crippen molar-refractivity contribution < 1.29 is 86.4 Å². The normalized spacial score (nSPS) is 17.0. The molecule has 0 saturated carbocycles. The van der Waals surface area contributed by atoms with E-state index in [2.05, 4.69) is 51.6 Å². The number of ketones is 3. The number of primary amides is 1. The molecule has 10 atom stereocenters. The molecule has 0 bridgehead atoms. The fourth-order valence-corrected chi connectivity index (χ4v) is 19.7. The first kappa shape index (κ1) is 98.4. The lowest BCUT2D eigenvalue weighted by atomic mass is 9.89. The monoisotopic (exact) mass is 1770 g/mol. The van der Waals surface area contributed by atoms with E-state index in [9.17, 15) is 57.8 Å². The van der Waals surface area contributed by atoms with E-state index in [-0.39, 0.29) is 123 Å². The van der Waals surface area contributed by atoms with Crippen molar-refractivity contribution in [2.75, 3.05) is 63.4 Å². The number of para-hydroxylation sites is 1. The highest BCUT2D eigenvalue weighted by Crippen LogP contribution is 2.38. The van der Waals surface area contributed by atoms with Crippen LogP contribution in [-0.2, 0) is 91.4 Å². The number of rotatable bonds is 48. The molecule has 40 heteroatoms. The van der Waals surface area contributed by atoms with Gasteiger partial charge in [-0.25, -0.2) is 14.4 Å². The number of unbranched alkanes of at least 4 members (excludes halogenated alkanes) is 2. The number of nitrogens with one attached hydrogen (secondary N) is 6. The van der Waals surface area contributed by atoms with Gasteiger partial charge in [-0.15, -0.1) is 11.8 Å². The number of carboxylic acid groups (broad SMARTS) is 1. The zero-order valence-electron chi connectivity index (χ0n) is 69.6. The molecule has 9 N–H and O–H groups in total. The van der Waals surface area contributed by atoms with E-state index in [0.29, 0.717) is 60.3 Å². The third-order valence-electron chi connectivity index (χ3n) is 19.9. The Balaban J connectivity index is 1.06. The molecule has 4 aromatic rings. The van der Waals surface area contributed by atoms with Gasteiger partial charge in [0, 0.05) is 122 Å². The number of aliphatic carboxylic acids is 1. The summed E-state index contributed by atoms with van der Waals surface area (Å²) in [6, 6.07) is 11.6. The molecule has 1 aromatic heterocycles. The number of aromatic nitrogens is 1. The second-order valence-electron chi connectivity index (χ2n) is 32.0. The number of carbonyl (C=O) groups is 14. The van der Waals surface area contributed by atoms with Crippen molar-refractivity contribution in [1.82, 2.24) is 51.2 Å². The van der Waals surface area contributed by atoms with Gasteiger partial charge in [0.05, 0.1) is 18.3 Å². The number of esters is 1. The first-order valence-corrected chi connectivity index (χ1v) is 45.9. The van der Waals surface area contributed by atoms with Crippen LogP contribution in [0.25, 0.3) is 31.8 Å². The Labute approximate surface area is 723 Å². The minimum Gasteiger partial charge on any atom is -0.481 e. The van der Waals surface area contributed by atoms with E-state index >= 15 is 14.4 Å². The molecule has 658 valence electrons. The van der Waals surface area contributed by atoms with E-state index in [0.717, 1.165) is 15.8 Å². The van der Waals surface area contributed by atoms with Gasteiger partial charge in [0.1, 0.15) is 49.5 Å². The second-order valence-corrected chi connectivity index (χ2v) is 39.4. The Morgan fingerprint density at radius 1 is 0.645 bits per heavy atom. The number of alkyl carbamates (subject to hydrolysis) is 1. The summed E-state index contributed by atoms with van der Waals surface area (Å²) in [5, 5.41) is 31.7. The van der Waals surface area contributed by atoms with Crippen molar-refractivity contribution in [2.24, 2.45) is 27.8 Å². The average molecular weight is 1770 g/mol. The number of benzene rings is 3. The van der Waals surface area contributed by atoms with Crippen molar-refractivity contribution >= 4 is 160 Å². The number of aromatic amines is 1.